The molecule has 0 saturated carbocycles. The van der Waals surface area contributed by atoms with E-state index in [9.17, 15) is 18.4 Å². The van der Waals surface area contributed by atoms with E-state index >= 15 is 0 Å². The smallest absolute Gasteiger partial charge is 0.323 e. The molecule has 2 aromatic rings. The molecule has 1 atom stereocenters. The van der Waals surface area contributed by atoms with Crippen molar-refractivity contribution in [3.8, 4) is 5.75 Å². The molecule has 0 aromatic heterocycles. The molecular formula is C20H19F2N3O3S. The lowest BCUT2D eigenvalue weighted by Crippen LogP contribution is -2.50. The van der Waals surface area contributed by atoms with Crippen LogP contribution >= 0.6 is 11.8 Å². The number of halogens is 2. The Kier molecular flexibility index (Phi) is 4.45. The molecule has 6 nitrogen and oxygen atoms in total. The van der Waals surface area contributed by atoms with Gasteiger partial charge in [0.25, 0.3) is 5.91 Å². The van der Waals surface area contributed by atoms with Crippen LogP contribution < -0.4 is 15.4 Å². The van der Waals surface area contributed by atoms with Crippen molar-refractivity contribution in [3.63, 3.8) is 0 Å². The van der Waals surface area contributed by atoms with Gasteiger partial charge in [0.15, 0.2) is 4.87 Å². The summed E-state index contributed by atoms with van der Waals surface area (Å²) in [5.41, 5.74) is 1.03. The third-order valence-corrected chi connectivity index (χ3v) is 6.51. The van der Waals surface area contributed by atoms with Crippen molar-refractivity contribution < 1.29 is 23.1 Å². The topological polar surface area (TPSA) is 70.7 Å². The Bertz CT molecular complexity index is 1030. The number of thioether (sulfide) groups is 1. The van der Waals surface area contributed by atoms with Gasteiger partial charge in [-0.15, -0.1) is 11.8 Å². The minimum atomic E-state index is -1.33. The van der Waals surface area contributed by atoms with Crippen LogP contribution in [0.1, 0.15) is 19.4 Å². The summed E-state index contributed by atoms with van der Waals surface area (Å²) in [4.78, 5) is 26.3. The highest BCUT2D eigenvalue weighted by Gasteiger charge is 2.61. The normalized spacial score (nSPS) is 21.8. The molecule has 2 aliphatic heterocycles. The number of benzene rings is 2. The lowest BCUT2D eigenvalue weighted by atomic mass is 10.0. The number of nitrogens with one attached hydrogen (secondary N) is 2. The quantitative estimate of drug-likeness (QED) is 0.768. The van der Waals surface area contributed by atoms with Crippen LogP contribution in [-0.2, 0) is 9.67 Å². The van der Waals surface area contributed by atoms with E-state index in [2.05, 4.69) is 10.6 Å². The number of fused-ring (bicyclic) bond motifs is 2. The summed E-state index contributed by atoms with van der Waals surface area (Å²) >= 11 is 1.35. The summed E-state index contributed by atoms with van der Waals surface area (Å²) in [7, 11) is 1.52. The summed E-state index contributed by atoms with van der Waals surface area (Å²) in [6.07, 6.45) is 0. The Balaban J connectivity index is 1.77. The molecule has 1 unspecified atom stereocenters. The minimum Gasteiger partial charge on any atom is -0.497 e. The highest BCUT2D eigenvalue weighted by molar-refractivity contribution is 8.02. The molecule has 29 heavy (non-hydrogen) atoms. The predicted molar refractivity (Wildman–Crippen MR) is 107 cm³/mol. The first-order valence-electron chi connectivity index (χ1n) is 8.90. The van der Waals surface area contributed by atoms with Crippen LogP contribution in [-0.4, -0.2) is 35.2 Å². The molecule has 0 bridgehead atoms. The third-order valence-electron chi connectivity index (χ3n) is 4.91. The van der Waals surface area contributed by atoms with Gasteiger partial charge in [-0.2, -0.15) is 0 Å². The number of carbonyl (C=O) groups excluding carboxylic acids is 2. The first kappa shape index (κ1) is 19.5. The van der Waals surface area contributed by atoms with Gasteiger partial charge in [-0.05, 0) is 44.2 Å². The van der Waals surface area contributed by atoms with Gasteiger partial charge in [0.1, 0.15) is 17.4 Å². The average Bonchev–Trinajstić information content (AvgIpc) is 3.11. The van der Waals surface area contributed by atoms with E-state index < -0.39 is 27.3 Å². The largest absolute Gasteiger partial charge is 0.497 e. The minimum absolute atomic E-state index is 0.162. The van der Waals surface area contributed by atoms with Crippen molar-refractivity contribution in [2.45, 2.75) is 23.5 Å². The standard InChI is InChI=1S/C20H19F2N3O3S/c1-19(2)10-25(18(27)24-16-6-4-11(21)8-14(16)22)20(29-19)13-9-12(28-3)5-7-15(13)23-17(20)26/h4-9H,10H2,1-3H3,(H,23,26)(H,24,27). The number of ether oxygens (including phenoxy) is 1. The number of anilines is 2. The number of methoxy groups -OCH3 is 1. The Labute approximate surface area is 170 Å². The number of nitrogens with zero attached hydrogens (tertiary/aromatic N) is 1. The third kappa shape index (κ3) is 3.09. The maximum Gasteiger partial charge on any atom is 0.323 e. The van der Waals surface area contributed by atoms with Gasteiger partial charge in [0.05, 0.1) is 12.8 Å². The lowest BCUT2D eigenvalue weighted by Gasteiger charge is -2.32. The predicted octanol–water partition coefficient (Wildman–Crippen LogP) is 4.14. The molecule has 4 rings (SSSR count). The lowest BCUT2D eigenvalue weighted by molar-refractivity contribution is -0.121. The summed E-state index contributed by atoms with van der Waals surface area (Å²) in [6.45, 7) is 4.10. The van der Waals surface area contributed by atoms with E-state index in [-0.39, 0.29) is 18.1 Å². The molecule has 0 aliphatic carbocycles. The molecule has 0 radical (unpaired) electrons. The number of amides is 3. The molecule has 152 valence electrons. The zero-order valence-corrected chi connectivity index (χ0v) is 16.8. The fourth-order valence-electron chi connectivity index (χ4n) is 3.71. The van der Waals surface area contributed by atoms with Crippen LogP contribution in [0.4, 0.5) is 25.0 Å². The van der Waals surface area contributed by atoms with Crippen molar-refractivity contribution >= 4 is 35.1 Å². The number of hydrogen-bond acceptors (Lipinski definition) is 4. The van der Waals surface area contributed by atoms with Crippen molar-refractivity contribution in [2.24, 2.45) is 0 Å². The second-order valence-corrected chi connectivity index (χ2v) is 9.41. The molecule has 2 N–H and O–H groups in total. The molecule has 1 fully saturated rings. The van der Waals surface area contributed by atoms with Crippen molar-refractivity contribution in [1.82, 2.24) is 4.90 Å². The van der Waals surface area contributed by atoms with E-state index in [1.165, 1.54) is 23.8 Å². The summed E-state index contributed by atoms with van der Waals surface area (Å²) in [5, 5.41) is 5.30. The molecule has 9 heteroatoms. The van der Waals surface area contributed by atoms with Gasteiger partial charge >= 0.3 is 6.03 Å². The van der Waals surface area contributed by atoms with Crippen LogP contribution in [0.3, 0.4) is 0 Å². The average molecular weight is 419 g/mol. The Morgan fingerprint density at radius 2 is 2.00 bits per heavy atom. The van der Waals surface area contributed by atoms with Crippen LogP contribution in [0.15, 0.2) is 36.4 Å². The second-order valence-electron chi connectivity index (χ2n) is 7.51. The van der Waals surface area contributed by atoms with Gasteiger partial charge in [-0.1, -0.05) is 0 Å². The first-order chi connectivity index (χ1) is 13.7. The maximum atomic E-state index is 14.1. The zero-order chi connectivity index (χ0) is 21.0. The Morgan fingerprint density at radius 1 is 1.24 bits per heavy atom. The van der Waals surface area contributed by atoms with Crippen LogP contribution in [0.5, 0.6) is 5.75 Å². The molecule has 1 spiro atoms. The maximum absolute atomic E-state index is 14.1. The zero-order valence-electron chi connectivity index (χ0n) is 16.0. The summed E-state index contributed by atoms with van der Waals surface area (Å²) < 4.78 is 32.1. The fraction of sp³-hybridized carbons (Fsp3) is 0.300. The van der Waals surface area contributed by atoms with Gasteiger partial charge in [-0.25, -0.2) is 13.6 Å². The Hall–Kier alpha value is -2.81. The van der Waals surface area contributed by atoms with Gasteiger partial charge in [0.2, 0.25) is 0 Å². The van der Waals surface area contributed by atoms with Crippen molar-refractivity contribution in [1.29, 1.82) is 0 Å². The van der Waals surface area contributed by atoms with E-state index in [0.717, 1.165) is 12.1 Å². The number of urea groups is 1. The first-order valence-corrected chi connectivity index (χ1v) is 9.72. The summed E-state index contributed by atoms with van der Waals surface area (Å²) in [5.74, 6) is -1.44. The molecule has 1 saturated heterocycles. The van der Waals surface area contributed by atoms with E-state index in [0.29, 0.717) is 23.1 Å². The molecule has 2 heterocycles. The van der Waals surface area contributed by atoms with Crippen molar-refractivity contribution in [2.75, 3.05) is 24.3 Å². The SMILES string of the molecule is COc1ccc2c(c1)C1(SC(C)(C)CN1C(=O)Nc1ccc(F)cc1F)C(=O)N2. The number of rotatable bonds is 2. The fourth-order valence-corrected chi connectivity index (χ4v) is 5.38. The Morgan fingerprint density at radius 3 is 2.69 bits per heavy atom. The molecular weight excluding hydrogens is 400 g/mol. The van der Waals surface area contributed by atoms with Gasteiger partial charge in [-0.3, -0.25) is 9.69 Å². The number of hydrogen-bond donors (Lipinski definition) is 2. The monoisotopic (exact) mass is 419 g/mol. The van der Waals surface area contributed by atoms with E-state index in [1.807, 2.05) is 13.8 Å². The van der Waals surface area contributed by atoms with Crippen LogP contribution in [0.25, 0.3) is 0 Å². The highest BCUT2D eigenvalue weighted by atomic mass is 32.2. The van der Waals surface area contributed by atoms with Gasteiger partial charge < -0.3 is 15.4 Å². The van der Waals surface area contributed by atoms with Crippen molar-refractivity contribution in [3.05, 3.63) is 53.6 Å². The van der Waals surface area contributed by atoms with E-state index in [1.54, 1.807) is 18.2 Å². The summed E-state index contributed by atoms with van der Waals surface area (Å²) in [6, 6.07) is 7.41. The molecule has 3 amide bonds. The molecule has 2 aliphatic rings. The van der Waals surface area contributed by atoms with E-state index in [4.69, 9.17) is 4.74 Å². The second kappa shape index (κ2) is 6.62. The van der Waals surface area contributed by atoms with Gasteiger partial charge in [0, 0.05) is 28.6 Å². The number of carbonyl (C=O) groups is 2. The van der Waals surface area contributed by atoms with Crippen LogP contribution in [0, 0.1) is 11.6 Å². The molecule has 2 aromatic carbocycles. The van der Waals surface area contributed by atoms with Crippen LogP contribution in [0.2, 0.25) is 0 Å². The highest BCUT2D eigenvalue weighted by Crippen LogP contribution is 2.58.